The minimum absolute atomic E-state index is 0.00540. The maximum absolute atomic E-state index is 11.5. The van der Waals surface area contributed by atoms with Crippen LogP contribution in [0.3, 0.4) is 0 Å². The SMILES string of the molecule is Cc1c(O)cc(=O)[nH]c1-c1ccc(N2CCCC2)cn1. The van der Waals surface area contributed by atoms with Crippen molar-refractivity contribution in [1.82, 2.24) is 9.97 Å². The van der Waals surface area contributed by atoms with Crippen LogP contribution in [0.15, 0.2) is 29.2 Å². The van der Waals surface area contributed by atoms with E-state index in [2.05, 4.69) is 14.9 Å². The number of rotatable bonds is 2. The Bertz CT molecular complexity index is 671. The molecule has 20 heavy (non-hydrogen) atoms. The normalized spacial score (nSPS) is 14.8. The van der Waals surface area contributed by atoms with Crippen LogP contribution in [0.4, 0.5) is 5.69 Å². The smallest absolute Gasteiger partial charge is 0.252 e. The van der Waals surface area contributed by atoms with E-state index in [0.717, 1.165) is 18.8 Å². The highest BCUT2D eigenvalue weighted by Crippen LogP contribution is 2.26. The van der Waals surface area contributed by atoms with Gasteiger partial charge in [0.15, 0.2) is 0 Å². The van der Waals surface area contributed by atoms with E-state index < -0.39 is 0 Å². The van der Waals surface area contributed by atoms with Crippen molar-refractivity contribution in [3.8, 4) is 17.1 Å². The number of aromatic hydroxyl groups is 1. The van der Waals surface area contributed by atoms with E-state index in [1.807, 2.05) is 18.3 Å². The van der Waals surface area contributed by atoms with E-state index in [0.29, 0.717) is 17.0 Å². The van der Waals surface area contributed by atoms with Gasteiger partial charge in [0.05, 0.1) is 23.3 Å². The van der Waals surface area contributed by atoms with Crippen LogP contribution in [-0.4, -0.2) is 28.2 Å². The average molecular weight is 271 g/mol. The lowest BCUT2D eigenvalue weighted by Gasteiger charge is -2.17. The van der Waals surface area contributed by atoms with Crippen molar-refractivity contribution in [2.24, 2.45) is 0 Å². The van der Waals surface area contributed by atoms with Crippen LogP contribution in [0.2, 0.25) is 0 Å². The molecule has 0 saturated carbocycles. The summed E-state index contributed by atoms with van der Waals surface area (Å²) in [6.07, 6.45) is 4.27. The molecule has 1 saturated heterocycles. The quantitative estimate of drug-likeness (QED) is 0.877. The van der Waals surface area contributed by atoms with Gasteiger partial charge in [0, 0.05) is 24.7 Å². The van der Waals surface area contributed by atoms with Crippen molar-refractivity contribution in [3.05, 3.63) is 40.3 Å². The summed E-state index contributed by atoms with van der Waals surface area (Å²) in [5, 5.41) is 9.71. The first-order valence-corrected chi connectivity index (χ1v) is 6.79. The van der Waals surface area contributed by atoms with Gasteiger partial charge >= 0.3 is 0 Å². The molecule has 0 aliphatic carbocycles. The number of hydrogen-bond acceptors (Lipinski definition) is 4. The van der Waals surface area contributed by atoms with Gasteiger partial charge in [-0.3, -0.25) is 9.78 Å². The number of nitrogens with one attached hydrogen (secondary N) is 1. The lowest BCUT2D eigenvalue weighted by Crippen LogP contribution is -2.17. The fraction of sp³-hybridized carbons (Fsp3) is 0.333. The van der Waals surface area contributed by atoms with E-state index in [4.69, 9.17) is 0 Å². The Labute approximate surface area is 116 Å². The molecule has 3 rings (SSSR count). The molecule has 0 unspecified atom stereocenters. The van der Waals surface area contributed by atoms with Gasteiger partial charge in [0.1, 0.15) is 5.75 Å². The van der Waals surface area contributed by atoms with Crippen LogP contribution in [0.1, 0.15) is 18.4 Å². The monoisotopic (exact) mass is 271 g/mol. The van der Waals surface area contributed by atoms with Gasteiger partial charge in [-0.05, 0) is 31.9 Å². The number of hydrogen-bond donors (Lipinski definition) is 2. The highest BCUT2D eigenvalue weighted by molar-refractivity contribution is 5.63. The molecular formula is C15H17N3O2. The summed E-state index contributed by atoms with van der Waals surface area (Å²) in [5.41, 5.74) is 2.65. The van der Waals surface area contributed by atoms with Crippen LogP contribution >= 0.6 is 0 Å². The van der Waals surface area contributed by atoms with Crippen molar-refractivity contribution in [1.29, 1.82) is 0 Å². The number of H-pyrrole nitrogens is 1. The third-order valence-corrected chi connectivity index (χ3v) is 3.75. The lowest BCUT2D eigenvalue weighted by molar-refractivity contribution is 0.470. The molecule has 0 atom stereocenters. The summed E-state index contributed by atoms with van der Waals surface area (Å²) in [4.78, 5) is 20.9. The summed E-state index contributed by atoms with van der Waals surface area (Å²) >= 11 is 0. The molecule has 0 aromatic carbocycles. The third kappa shape index (κ3) is 2.27. The van der Waals surface area contributed by atoms with Crippen LogP contribution in [0.5, 0.6) is 5.75 Å². The third-order valence-electron chi connectivity index (χ3n) is 3.75. The van der Waals surface area contributed by atoms with Crippen LogP contribution in [0, 0.1) is 6.92 Å². The highest BCUT2D eigenvalue weighted by atomic mass is 16.3. The van der Waals surface area contributed by atoms with E-state index in [9.17, 15) is 9.90 Å². The molecule has 5 heteroatoms. The molecule has 0 bridgehead atoms. The van der Waals surface area contributed by atoms with Crippen molar-refractivity contribution < 1.29 is 5.11 Å². The molecule has 2 N–H and O–H groups in total. The number of anilines is 1. The van der Waals surface area contributed by atoms with Gasteiger partial charge < -0.3 is 15.0 Å². The van der Waals surface area contributed by atoms with Crippen molar-refractivity contribution in [3.63, 3.8) is 0 Å². The Balaban J connectivity index is 1.97. The van der Waals surface area contributed by atoms with Gasteiger partial charge in [-0.25, -0.2) is 0 Å². The minimum Gasteiger partial charge on any atom is -0.507 e. The zero-order valence-corrected chi connectivity index (χ0v) is 11.4. The standard InChI is InChI=1S/C15H17N3O2/c1-10-13(19)8-14(20)17-15(10)12-5-4-11(9-16-12)18-6-2-3-7-18/h4-5,8-9H,2-3,6-7H2,1H3,(H2,17,19,20). The second-order valence-corrected chi connectivity index (χ2v) is 5.11. The van der Waals surface area contributed by atoms with Gasteiger partial charge in [0.25, 0.3) is 5.56 Å². The van der Waals surface area contributed by atoms with Gasteiger partial charge in [-0.15, -0.1) is 0 Å². The highest BCUT2D eigenvalue weighted by Gasteiger charge is 2.14. The van der Waals surface area contributed by atoms with Crippen molar-refractivity contribution >= 4 is 5.69 Å². The molecular weight excluding hydrogens is 254 g/mol. The predicted octanol–water partition coefficient (Wildman–Crippen LogP) is 2.05. The van der Waals surface area contributed by atoms with E-state index >= 15 is 0 Å². The molecule has 1 fully saturated rings. The second kappa shape index (κ2) is 5.00. The van der Waals surface area contributed by atoms with E-state index in [1.165, 1.54) is 18.9 Å². The Morgan fingerprint density at radius 2 is 2.05 bits per heavy atom. The summed E-state index contributed by atoms with van der Waals surface area (Å²) in [6, 6.07) is 5.07. The molecule has 5 nitrogen and oxygen atoms in total. The minimum atomic E-state index is -0.325. The second-order valence-electron chi connectivity index (χ2n) is 5.11. The van der Waals surface area contributed by atoms with Gasteiger partial charge in [0.2, 0.25) is 0 Å². The van der Waals surface area contributed by atoms with Gasteiger partial charge in [-0.1, -0.05) is 0 Å². The topological polar surface area (TPSA) is 69.2 Å². The molecule has 1 aliphatic heterocycles. The number of aromatic nitrogens is 2. The zero-order chi connectivity index (χ0) is 14.1. The molecule has 104 valence electrons. The zero-order valence-electron chi connectivity index (χ0n) is 11.4. The van der Waals surface area contributed by atoms with Crippen LogP contribution < -0.4 is 10.5 Å². The summed E-state index contributed by atoms with van der Waals surface area (Å²) in [5.74, 6) is -0.00540. The van der Waals surface area contributed by atoms with Crippen LogP contribution in [-0.2, 0) is 0 Å². The molecule has 2 aromatic rings. The fourth-order valence-corrected chi connectivity index (χ4v) is 2.57. The number of nitrogens with zero attached hydrogens (tertiary/aromatic N) is 2. The number of aromatic amines is 1. The largest absolute Gasteiger partial charge is 0.507 e. The Kier molecular flexibility index (Phi) is 3.18. The molecule has 2 aromatic heterocycles. The fourth-order valence-electron chi connectivity index (χ4n) is 2.57. The summed E-state index contributed by atoms with van der Waals surface area (Å²) in [6.45, 7) is 3.91. The van der Waals surface area contributed by atoms with Crippen LogP contribution in [0.25, 0.3) is 11.4 Å². The molecule has 0 spiro atoms. The first-order valence-electron chi connectivity index (χ1n) is 6.79. The maximum Gasteiger partial charge on any atom is 0.252 e. The molecule has 3 heterocycles. The Hall–Kier alpha value is -2.30. The van der Waals surface area contributed by atoms with E-state index in [1.54, 1.807) is 6.92 Å². The van der Waals surface area contributed by atoms with Crippen molar-refractivity contribution in [2.45, 2.75) is 19.8 Å². The molecule has 0 amide bonds. The molecule has 0 radical (unpaired) electrons. The summed E-state index contributed by atoms with van der Waals surface area (Å²) in [7, 11) is 0. The maximum atomic E-state index is 11.5. The Morgan fingerprint density at radius 3 is 2.70 bits per heavy atom. The number of pyridine rings is 2. The first kappa shape index (κ1) is 12.7. The predicted molar refractivity (Wildman–Crippen MR) is 78.1 cm³/mol. The lowest BCUT2D eigenvalue weighted by atomic mass is 10.1. The molecule has 1 aliphatic rings. The van der Waals surface area contributed by atoms with Gasteiger partial charge in [-0.2, -0.15) is 0 Å². The Morgan fingerprint density at radius 1 is 1.30 bits per heavy atom. The summed E-state index contributed by atoms with van der Waals surface area (Å²) < 4.78 is 0. The van der Waals surface area contributed by atoms with E-state index in [-0.39, 0.29) is 11.3 Å². The first-order chi connectivity index (χ1) is 9.65. The average Bonchev–Trinajstić information content (AvgIpc) is 2.97. The van der Waals surface area contributed by atoms with Crippen molar-refractivity contribution in [2.75, 3.05) is 18.0 Å².